The number of nitrogens with one attached hydrogen (secondary N) is 2. The van der Waals surface area contributed by atoms with E-state index in [2.05, 4.69) is 17.6 Å². The maximum absolute atomic E-state index is 11.9. The van der Waals surface area contributed by atoms with Crippen LogP contribution in [0.4, 0.5) is 11.4 Å². The molecule has 2 unspecified atom stereocenters. The fraction of sp³-hybridized carbons (Fsp3) is 0.533. The minimum atomic E-state index is -0.0785. The Labute approximate surface area is 124 Å². The first-order valence-corrected chi connectivity index (χ1v) is 8.20. The van der Waals surface area contributed by atoms with Crippen molar-refractivity contribution in [2.45, 2.75) is 37.5 Å². The summed E-state index contributed by atoms with van der Waals surface area (Å²) in [6.07, 6.45) is 3.64. The molecular formula is C15H23N3OS. The molecule has 20 heavy (non-hydrogen) atoms. The number of carbonyl (C=O) groups excluding carboxylic acids is 1. The zero-order valence-electron chi connectivity index (χ0n) is 12.1. The van der Waals surface area contributed by atoms with Crippen LogP contribution in [0.3, 0.4) is 0 Å². The van der Waals surface area contributed by atoms with E-state index in [1.54, 1.807) is 19.2 Å². The molecule has 4 N–H and O–H groups in total. The number of hydrogen-bond donors (Lipinski definition) is 3. The predicted molar refractivity (Wildman–Crippen MR) is 87.4 cm³/mol. The molecule has 0 aliphatic heterocycles. The third-order valence-electron chi connectivity index (χ3n) is 3.69. The minimum Gasteiger partial charge on any atom is -0.399 e. The Hall–Kier alpha value is -1.36. The summed E-state index contributed by atoms with van der Waals surface area (Å²) in [7, 11) is 1.65. The van der Waals surface area contributed by atoms with Crippen molar-refractivity contribution >= 4 is 29.0 Å². The molecule has 5 heteroatoms. The third-order valence-corrected chi connectivity index (χ3v) is 5.02. The monoisotopic (exact) mass is 293 g/mol. The molecule has 2 atom stereocenters. The van der Waals surface area contributed by atoms with Crippen LogP contribution in [0.2, 0.25) is 0 Å². The first kappa shape index (κ1) is 15.0. The molecule has 2 rings (SSSR count). The number of carbonyl (C=O) groups is 1. The molecule has 1 amide bonds. The van der Waals surface area contributed by atoms with Crippen molar-refractivity contribution in [3.8, 4) is 0 Å². The molecule has 1 fully saturated rings. The highest BCUT2D eigenvalue weighted by Gasteiger charge is 2.28. The molecule has 0 heterocycles. The van der Waals surface area contributed by atoms with Crippen molar-refractivity contribution in [1.29, 1.82) is 0 Å². The normalized spacial score (nSPS) is 21.7. The predicted octanol–water partition coefficient (Wildman–Crippen LogP) is 2.71. The fourth-order valence-corrected chi connectivity index (χ4v) is 3.92. The molecule has 110 valence electrons. The van der Waals surface area contributed by atoms with E-state index in [0.29, 0.717) is 22.5 Å². The maximum atomic E-state index is 11.9. The molecule has 1 saturated carbocycles. The Balaban J connectivity index is 2.19. The van der Waals surface area contributed by atoms with Gasteiger partial charge in [-0.05, 0) is 36.8 Å². The van der Waals surface area contributed by atoms with Crippen LogP contribution < -0.4 is 16.4 Å². The number of anilines is 2. The van der Waals surface area contributed by atoms with Gasteiger partial charge in [-0.15, -0.1) is 0 Å². The van der Waals surface area contributed by atoms with E-state index in [1.165, 1.54) is 12.8 Å². The van der Waals surface area contributed by atoms with Crippen molar-refractivity contribution in [3.05, 3.63) is 23.8 Å². The first-order valence-electron chi connectivity index (χ1n) is 7.15. The number of hydrogen-bond acceptors (Lipinski definition) is 4. The molecule has 1 aromatic rings. The van der Waals surface area contributed by atoms with E-state index in [0.717, 1.165) is 17.9 Å². The van der Waals surface area contributed by atoms with Gasteiger partial charge in [-0.2, -0.15) is 11.8 Å². The van der Waals surface area contributed by atoms with Crippen molar-refractivity contribution in [2.24, 2.45) is 0 Å². The number of benzene rings is 1. The highest BCUT2D eigenvalue weighted by atomic mass is 32.2. The first-order chi connectivity index (χ1) is 9.65. The number of thioether (sulfide) groups is 1. The maximum Gasteiger partial charge on any atom is 0.253 e. The van der Waals surface area contributed by atoms with Gasteiger partial charge in [-0.1, -0.05) is 13.3 Å². The minimum absolute atomic E-state index is 0.0785. The van der Waals surface area contributed by atoms with Gasteiger partial charge in [0, 0.05) is 29.7 Å². The third kappa shape index (κ3) is 3.39. The second kappa shape index (κ2) is 6.88. The smallest absolute Gasteiger partial charge is 0.253 e. The van der Waals surface area contributed by atoms with Crippen LogP contribution >= 0.6 is 11.8 Å². The Bertz CT molecular complexity index is 478. The largest absolute Gasteiger partial charge is 0.399 e. The highest BCUT2D eigenvalue weighted by Crippen LogP contribution is 2.33. The van der Waals surface area contributed by atoms with Crippen LogP contribution in [0.1, 0.15) is 36.5 Å². The molecule has 1 aliphatic rings. The standard InChI is InChI=1S/C15H23N3OS/c1-3-20-14-6-4-5-12(14)18-13-9-10(16)7-8-11(13)15(19)17-2/h7-9,12,14,18H,3-6,16H2,1-2H3,(H,17,19). The van der Waals surface area contributed by atoms with Crippen LogP contribution in [-0.2, 0) is 0 Å². The van der Waals surface area contributed by atoms with Crippen molar-refractivity contribution in [3.63, 3.8) is 0 Å². The molecule has 0 spiro atoms. The summed E-state index contributed by atoms with van der Waals surface area (Å²) in [6.45, 7) is 2.19. The van der Waals surface area contributed by atoms with Gasteiger partial charge in [0.05, 0.1) is 5.56 Å². The molecule has 0 bridgehead atoms. The average molecular weight is 293 g/mol. The number of nitrogen functional groups attached to an aromatic ring is 1. The summed E-state index contributed by atoms with van der Waals surface area (Å²) in [6, 6.07) is 5.83. The van der Waals surface area contributed by atoms with E-state index in [1.807, 2.05) is 17.8 Å². The highest BCUT2D eigenvalue weighted by molar-refractivity contribution is 7.99. The van der Waals surface area contributed by atoms with Crippen LogP contribution in [0.15, 0.2) is 18.2 Å². The van der Waals surface area contributed by atoms with Crippen LogP contribution in [0.25, 0.3) is 0 Å². The van der Waals surface area contributed by atoms with Gasteiger partial charge >= 0.3 is 0 Å². The summed E-state index contributed by atoms with van der Waals surface area (Å²) >= 11 is 2.00. The van der Waals surface area contributed by atoms with Gasteiger partial charge in [-0.3, -0.25) is 4.79 Å². The van der Waals surface area contributed by atoms with Gasteiger partial charge in [0.15, 0.2) is 0 Å². The lowest BCUT2D eigenvalue weighted by atomic mass is 10.1. The van der Waals surface area contributed by atoms with Crippen molar-refractivity contribution in [2.75, 3.05) is 23.9 Å². The lowest BCUT2D eigenvalue weighted by Crippen LogP contribution is -2.28. The van der Waals surface area contributed by atoms with Crippen molar-refractivity contribution < 1.29 is 4.79 Å². The summed E-state index contributed by atoms with van der Waals surface area (Å²) < 4.78 is 0. The summed E-state index contributed by atoms with van der Waals surface area (Å²) in [5.41, 5.74) is 8.04. The molecule has 0 saturated heterocycles. The van der Waals surface area contributed by atoms with Gasteiger partial charge in [-0.25, -0.2) is 0 Å². The zero-order chi connectivity index (χ0) is 14.5. The van der Waals surface area contributed by atoms with Gasteiger partial charge < -0.3 is 16.4 Å². The fourth-order valence-electron chi connectivity index (χ4n) is 2.72. The lowest BCUT2D eigenvalue weighted by Gasteiger charge is -2.23. The molecular weight excluding hydrogens is 270 g/mol. The van der Waals surface area contributed by atoms with E-state index >= 15 is 0 Å². The Morgan fingerprint density at radius 1 is 1.45 bits per heavy atom. The SMILES string of the molecule is CCSC1CCCC1Nc1cc(N)ccc1C(=O)NC. The number of rotatable bonds is 5. The molecule has 4 nitrogen and oxygen atoms in total. The molecule has 1 aliphatic carbocycles. The summed E-state index contributed by atoms with van der Waals surface area (Å²) in [4.78, 5) is 11.9. The lowest BCUT2D eigenvalue weighted by molar-refractivity contribution is 0.0964. The molecule has 1 aromatic carbocycles. The molecule has 0 radical (unpaired) electrons. The Kier molecular flexibility index (Phi) is 5.17. The van der Waals surface area contributed by atoms with Crippen LogP contribution in [0.5, 0.6) is 0 Å². The number of nitrogens with two attached hydrogens (primary N) is 1. The van der Waals surface area contributed by atoms with Crippen molar-refractivity contribution in [1.82, 2.24) is 5.32 Å². The van der Waals surface area contributed by atoms with E-state index in [4.69, 9.17) is 5.73 Å². The molecule has 0 aromatic heterocycles. The van der Waals surface area contributed by atoms with Gasteiger partial charge in [0.2, 0.25) is 0 Å². The van der Waals surface area contributed by atoms with Crippen LogP contribution in [0, 0.1) is 0 Å². The topological polar surface area (TPSA) is 67.1 Å². The average Bonchev–Trinajstić information content (AvgIpc) is 2.86. The summed E-state index contributed by atoms with van der Waals surface area (Å²) in [5, 5.41) is 6.84. The Morgan fingerprint density at radius 2 is 2.25 bits per heavy atom. The van der Waals surface area contributed by atoms with E-state index in [-0.39, 0.29) is 5.91 Å². The second-order valence-corrected chi connectivity index (χ2v) is 6.58. The zero-order valence-corrected chi connectivity index (χ0v) is 12.9. The Morgan fingerprint density at radius 3 is 2.95 bits per heavy atom. The van der Waals surface area contributed by atoms with E-state index in [9.17, 15) is 4.79 Å². The second-order valence-electron chi connectivity index (χ2n) is 5.06. The quantitative estimate of drug-likeness (QED) is 0.730. The summed E-state index contributed by atoms with van der Waals surface area (Å²) in [5.74, 6) is 1.05. The van der Waals surface area contributed by atoms with Crippen LogP contribution in [-0.4, -0.2) is 30.0 Å². The van der Waals surface area contributed by atoms with Gasteiger partial charge in [0.1, 0.15) is 0 Å². The number of amides is 1. The van der Waals surface area contributed by atoms with Gasteiger partial charge in [0.25, 0.3) is 5.91 Å². The van der Waals surface area contributed by atoms with E-state index < -0.39 is 0 Å².